The van der Waals surface area contributed by atoms with Gasteiger partial charge in [-0.2, -0.15) is 13.2 Å². The van der Waals surface area contributed by atoms with Crippen molar-refractivity contribution in [2.75, 3.05) is 26.5 Å². The standard InChI is InChI=1S/C25H28ClF3N2O4S2/c1-17(10-15-37(3,33)34)30-23(32)24(35-2)11-13-31(14-12-24)36-22-9-8-18(25(27,28)29)16-20(22)19-6-4-5-7-21(19)26/h4-10,15-17H,11-14H2,1-3H3,(H,30,32)/b15-10-/t17-/m1/s1. The summed E-state index contributed by atoms with van der Waals surface area (Å²) in [5.74, 6) is -0.350. The van der Waals surface area contributed by atoms with Gasteiger partial charge in [0.1, 0.15) is 5.60 Å². The van der Waals surface area contributed by atoms with Crippen molar-refractivity contribution < 1.29 is 31.1 Å². The fourth-order valence-electron chi connectivity index (χ4n) is 3.92. The van der Waals surface area contributed by atoms with Crippen molar-refractivity contribution in [2.24, 2.45) is 0 Å². The molecule has 0 bridgehead atoms. The normalized spacial score (nSPS) is 17.6. The second kappa shape index (κ2) is 11.8. The van der Waals surface area contributed by atoms with Gasteiger partial charge in [0, 0.05) is 53.4 Å². The van der Waals surface area contributed by atoms with E-state index in [0.29, 0.717) is 47.0 Å². The largest absolute Gasteiger partial charge is 0.416 e. The Morgan fingerprint density at radius 1 is 1.19 bits per heavy atom. The zero-order valence-corrected chi connectivity index (χ0v) is 22.9. The van der Waals surface area contributed by atoms with Crippen LogP contribution in [0.15, 0.2) is 58.8 Å². The summed E-state index contributed by atoms with van der Waals surface area (Å²) in [7, 11) is -1.87. The fourth-order valence-corrected chi connectivity index (χ4v) is 5.72. The lowest BCUT2D eigenvalue weighted by Gasteiger charge is -2.39. The number of halogens is 4. The monoisotopic (exact) mass is 576 g/mol. The number of amides is 1. The highest BCUT2D eigenvalue weighted by atomic mass is 35.5. The van der Waals surface area contributed by atoms with Crippen LogP contribution < -0.4 is 5.32 Å². The number of piperidine rings is 1. The Labute approximate surface area is 224 Å². The van der Waals surface area contributed by atoms with Crippen molar-refractivity contribution in [3.05, 3.63) is 64.5 Å². The number of carbonyl (C=O) groups excluding carboxylic acids is 1. The molecule has 12 heteroatoms. The van der Waals surface area contributed by atoms with E-state index in [0.717, 1.165) is 23.8 Å². The number of methoxy groups -OCH3 is 1. The van der Waals surface area contributed by atoms with Crippen LogP contribution in [0.2, 0.25) is 5.02 Å². The summed E-state index contributed by atoms with van der Waals surface area (Å²) >= 11 is 7.62. The Morgan fingerprint density at radius 2 is 1.84 bits per heavy atom. The summed E-state index contributed by atoms with van der Waals surface area (Å²) in [5, 5.41) is 4.16. The Morgan fingerprint density at radius 3 is 2.41 bits per heavy atom. The molecule has 1 amide bonds. The minimum Gasteiger partial charge on any atom is -0.368 e. The molecule has 6 nitrogen and oxygen atoms in total. The molecule has 0 saturated carbocycles. The molecule has 1 aliphatic rings. The highest BCUT2D eigenvalue weighted by Gasteiger charge is 2.42. The molecule has 0 spiro atoms. The maximum atomic E-state index is 13.4. The molecule has 0 aliphatic carbocycles. The Bertz CT molecular complexity index is 1260. The SMILES string of the molecule is COC1(C(=O)N[C@H](C)/C=C\S(C)(=O)=O)CCN(Sc2ccc(C(F)(F)F)cc2-c2ccccc2Cl)CC1. The van der Waals surface area contributed by atoms with E-state index in [1.165, 1.54) is 31.2 Å². The zero-order chi connectivity index (χ0) is 27.4. The number of hydrogen-bond donors (Lipinski definition) is 1. The van der Waals surface area contributed by atoms with Gasteiger partial charge in [0.2, 0.25) is 0 Å². The topological polar surface area (TPSA) is 75.7 Å². The van der Waals surface area contributed by atoms with E-state index in [1.54, 1.807) is 31.2 Å². The van der Waals surface area contributed by atoms with Crippen LogP contribution in [0, 0.1) is 0 Å². The first-order chi connectivity index (χ1) is 17.2. The molecule has 2 aromatic rings. The predicted molar refractivity (Wildman–Crippen MR) is 140 cm³/mol. The molecular formula is C25H28ClF3N2O4S2. The fraction of sp³-hybridized carbons (Fsp3) is 0.400. The Kier molecular flexibility index (Phi) is 9.39. The molecule has 37 heavy (non-hydrogen) atoms. The summed E-state index contributed by atoms with van der Waals surface area (Å²) in [4.78, 5) is 13.6. The lowest BCUT2D eigenvalue weighted by atomic mass is 9.91. The van der Waals surface area contributed by atoms with E-state index in [9.17, 15) is 26.4 Å². The van der Waals surface area contributed by atoms with Crippen molar-refractivity contribution in [1.29, 1.82) is 0 Å². The number of nitrogens with one attached hydrogen (secondary N) is 1. The number of benzene rings is 2. The molecule has 1 heterocycles. The van der Waals surface area contributed by atoms with Gasteiger partial charge in [-0.3, -0.25) is 4.79 Å². The summed E-state index contributed by atoms with van der Waals surface area (Å²) in [6.07, 6.45) is -1.36. The van der Waals surface area contributed by atoms with Gasteiger partial charge in [-0.1, -0.05) is 35.9 Å². The van der Waals surface area contributed by atoms with Crippen molar-refractivity contribution in [3.8, 4) is 11.1 Å². The third-order valence-electron chi connectivity index (χ3n) is 6.01. The van der Waals surface area contributed by atoms with Gasteiger partial charge in [-0.15, -0.1) is 0 Å². The van der Waals surface area contributed by atoms with Gasteiger partial charge in [0.05, 0.1) is 5.56 Å². The van der Waals surface area contributed by atoms with Crippen LogP contribution in [0.1, 0.15) is 25.3 Å². The van der Waals surface area contributed by atoms with Crippen LogP contribution in [-0.4, -0.2) is 56.7 Å². The number of nitrogens with zero attached hydrogens (tertiary/aromatic N) is 1. The minimum absolute atomic E-state index is 0.340. The summed E-state index contributed by atoms with van der Waals surface area (Å²) in [6.45, 7) is 2.53. The lowest BCUT2D eigenvalue weighted by Crippen LogP contribution is -2.55. The Hall–Kier alpha value is -2.05. The number of ether oxygens (including phenoxy) is 1. The first kappa shape index (κ1) is 29.5. The molecule has 0 radical (unpaired) electrons. The van der Waals surface area contributed by atoms with Gasteiger partial charge < -0.3 is 10.1 Å². The first-order valence-electron chi connectivity index (χ1n) is 11.4. The van der Waals surface area contributed by atoms with E-state index in [2.05, 4.69) is 5.32 Å². The molecule has 2 aromatic carbocycles. The molecule has 0 aromatic heterocycles. The third kappa shape index (κ3) is 7.73. The molecule has 1 atom stereocenters. The minimum atomic E-state index is -4.50. The number of hydrogen-bond acceptors (Lipinski definition) is 6. The van der Waals surface area contributed by atoms with E-state index >= 15 is 0 Å². The van der Waals surface area contributed by atoms with E-state index in [1.807, 2.05) is 4.31 Å². The van der Waals surface area contributed by atoms with Gasteiger partial charge in [0.25, 0.3) is 5.91 Å². The van der Waals surface area contributed by atoms with Gasteiger partial charge in [0.15, 0.2) is 9.84 Å². The van der Waals surface area contributed by atoms with E-state index < -0.39 is 33.2 Å². The van der Waals surface area contributed by atoms with Crippen LogP contribution in [0.5, 0.6) is 0 Å². The van der Waals surface area contributed by atoms with Crippen molar-refractivity contribution in [2.45, 2.75) is 42.5 Å². The average Bonchev–Trinajstić information content (AvgIpc) is 2.83. The van der Waals surface area contributed by atoms with Gasteiger partial charge in [-0.05, 0) is 61.5 Å². The van der Waals surface area contributed by atoms with E-state index in [-0.39, 0.29) is 5.91 Å². The number of carbonyl (C=O) groups is 1. The van der Waals surface area contributed by atoms with Crippen LogP contribution in [0.25, 0.3) is 11.1 Å². The summed E-state index contributed by atoms with van der Waals surface area (Å²) < 4.78 is 70.6. The van der Waals surface area contributed by atoms with Gasteiger partial charge >= 0.3 is 6.18 Å². The molecule has 1 fully saturated rings. The molecule has 1 aliphatic heterocycles. The molecule has 3 rings (SSSR count). The second-order valence-corrected chi connectivity index (χ2v) is 12.3. The molecule has 0 unspecified atom stereocenters. The maximum absolute atomic E-state index is 13.4. The second-order valence-electron chi connectivity index (χ2n) is 8.83. The van der Waals surface area contributed by atoms with E-state index in [4.69, 9.17) is 16.3 Å². The highest BCUT2D eigenvalue weighted by Crippen LogP contribution is 2.42. The third-order valence-corrected chi connectivity index (χ3v) is 8.16. The first-order valence-corrected chi connectivity index (χ1v) is 14.5. The number of rotatable bonds is 8. The Balaban J connectivity index is 1.76. The van der Waals surface area contributed by atoms with Crippen LogP contribution >= 0.6 is 23.5 Å². The quantitative estimate of drug-likeness (QED) is 0.414. The highest BCUT2D eigenvalue weighted by molar-refractivity contribution is 7.97. The van der Waals surface area contributed by atoms with Crippen molar-refractivity contribution in [1.82, 2.24) is 9.62 Å². The number of alkyl halides is 3. The van der Waals surface area contributed by atoms with Crippen LogP contribution in [0.4, 0.5) is 13.2 Å². The number of sulfone groups is 1. The molecular weight excluding hydrogens is 549 g/mol. The van der Waals surface area contributed by atoms with Crippen molar-refractivity contribution >= 4 is 39.3 Å². The smallest absolute Gasteiger partial charge is 0.368 e. The predicted octanol–water partition coefficient (Wildman–Crippen LogP) is 5.58. The summed E-state index contributed by atoms with van der Waals surface area (Å²) in [5.41, 5.74) is -0.995. The van der Waals surface area contributed by atoms with Crippen LogP contribution in [-0.2, 0) is 25.5 Å². The molecule has 202 valence electrons. The maximum Gasteiger partial charge on any atom is 0.416 e. The van der Waals surface area contributed by atoms with Gasteiger partial charge in [-0.25, -0.2) is 12.7 Å². The lowest BCUT2D eigenvalue weighted by molar-refractivity contribution is -0.148. The average molecular weight is 577 g/mol. The van der Waals surface area contributed by atoms with Crippen LogP contribution in [0.3, 0.4) is 0 Å². The molecule has 1 N–H and O–H groups in total. The summed E-state index contributed by atoms with van der Waals surface area (Å²) in [6, 6.07) is 9.80. The van der Waals surface area contributed by atoms with Crippen molar-refractivity contribution in [3.63, 3.8) is 0 Å². The zero-order valence-electron chi connectivity index (χ0n) is 20.5. The molecule has 1 saturated heterocycles.